The summed E-state index contributed by atoms with van der Waals surface area (Å²) in [5.74, 6) is 0.0532. The first kappa shape index (κ1) is 6.71. The minimum Gasteiger partial charge on any atom is -0.368 e. The minimum absolute atomic E-state index is 0.0532. The fourth-order valence-electron chi connectivity index (χ4n) is 0.942. The lowest BCUT2D eigenvalue weighted by molar-refractivity contribution is -0.123. The predicted molar refractivity (Wildman–Crippen MR) is 33.0 cm³/mol. The second-order valence-electron chi connectivity index (χ2n) is 2.24. The lowest BCUT2D eigenvalue weighted by Crippen LogP contribution is -2.31. The van der Waals surface area contributed by atoms with Gasteiger partial charge in [0.1, 0.15) is 6.10 Å². The van der Waals surface area contributed by atoms with E-state index in [1.165, 1.54) is 0 Å². The summed E-state index contributed by atoms with van der Waals surface area (Å²) in [5.41, 5.74) is 5.37. The minimum atomic E-state index is -0.366. The molecule has 0 aromatic rings. The number of ether oxygens (including phenoxy) is 1. The van der Waals surface area contributed by atoms with Crippen LogP contribution in [0.3, 0.4) is 0 Å². The topological polar surface area (TPSA) is 52.3 Å². The van der Waals surface area contributed by atoms with E-state index in [-0.39, 0.29) is 17.9 Å². The average molecular weight is 129 g/mol. The Morgan fingerprint density at radius 3 is 2.78 bits per heavy atom. The Morgan fingerprint density at radius 1 is 1.89 bits per heavy atom. The first-order chi connectivity index (χ1) is 4.25. The van der Waals surface area contributed by atoms with E-state index in [2.05, 4.69) is 0 Å². The highest BCUT2D eigenvalue weighted by Gasteiger charge is 2.30. The molecular weight excluding hydrogens is 118 g/mol. The highest BCUT2D eigenvalue weighted by Crippen LogP contribution is 2.09. The van der Waals surface area contributed by atoms with Crippen LogP contribution in [0.15, 0.2) is 0 Å². The Morgan fingerprint density at radius 2 is 2.56 bits per heavy atom. The summed E-state index contributed by atoms with van der Waals surface area (Å²) in [7, 11) is 0. The summed E-state index contributed by atoms with van der Waals surface area (Å²) in [4.78, 5) is 10.9. The number of hydrogen-bond donors (Lipinski definition) is 1. The van der Waals surface area contributed by atoms with E-state index in [1.807, 2.05) is 6.92 Å². The van der Waals surface area contributed by atoms with E-state index in [1.54, 1.807) is 0 Å². The third kappa shape index (κ3) is 1.11. The predicted octanol–water partition coefficient (Wildman–Crippen LogP) is -0.308. The molecule has 2 atom stereocenters. The van der Waals surface area contributed by atoms with Gasteiger partial charge in [0.05, 0.1) is 12.6 Å². The van der Waals surface area contributed by atoms with Gasteiger partial charge in [-0.05, 0) is 6.42 Å². The Labute approximate surface area is 54.2 Å². The van der Waals surface area contributed by atoms with Gasteiger partial charge in [-0.2, -0.15) is 0 Å². The van der Waals surface area contributed by atoms with Crippen molar-refractivity contribution >= 4 is 5.78 Å². The summed E-state index contributed by atoms with van der Waals surface area (Å²) >= 11 is 0. The first-order valence-corrected chi connectivity index (χ1v) is 3.16. The highest BCUT2D eigenvalue weighted by atomic mass is 16.5. The molecular formula is C6H11NO2. The van der Waals surface area contributed by atoms with Crippen molar-refractivity contribution in [3.8, 4) is 0 Å². The zero-order valence-electron chi connectivity index (χ0n) is 5.46. The molecule has 0 radical (unpaired) electrons. The average Bonchev–Trinajstić information content (AvgIpc) is 2.15. The number of Topliss-reactive ketones (excluding diaryl/α,β-unsaturated/α-hetero) is 1. The van der Waals surface area contributed by atoms with Gasteiger partial charge < -0.3 is 10.5 Å². The van der Waals surface area contributed by atoms with Crippen LogP contribution in [0.5, 0.6) is 0 Å². The van der Waals surface area contributed by atoms with Gasteiger partial charge >= 0.3 is 0 Å². The molecule has 52 valence electrons. The monoisotopic (exact) mass is 129 g/mol. The molecule has 0 aromatic carbocycles. The lowest BCUT2D eigenvalue weighted by Gasteiger charge is -2.00. The molecule has 0 amide bonds. The van der Waals surface area contributed by atoms with Gasteiger partial charge in [-0.1, -0.05) is 6.92 Å². The van der Waals surface area contributed by atoms with E-state index < -0.39 is 0 Å². The number of ketones is 1. The zero-order valence-corrected chi connectivity index (χ0v) is 5.46. The maximum absolute atomic E-state index is 10.9. The standard InChI is InChI=1S/C6H11NO2/c1-2-5-6(8)4(7)3-9-5/h4-5H,2-3,7H2,1H3. The summed E-state index contributed by atoms with van der Waals surface area (Å²) in [6.45, 7) is 2.32. The van der Waals surface area contributed by atoms with E-state index in [0.29, 0.717) is 6.61 Å². The largest absolute Gasteiger partial charge is 0.368 e. The molecule has 3 nitrogen and oxygen atoms in total. The maximum Gasteiger partial charge on any atom is 0.180 e. The molecule has 3 heteroatoms. The molecule has 0 aromatic heterocycles. The van der Waals surface area contributed by atoms with E-state index >= 15 is 0 Å². The molecule has 1 heterocycles. The fraction of sp³-hybridized carbons (Fsp3) is 0.833. The normalized spacial score (nSPS) is 35.6. The van der Waals surface area contributed by atoms with E-state index in [0.717, 1.165) is 6.42 Å². The summed E-state index contributed by atoms with van der Waals surface area (Å²) in [5, 5.41) is 0. The quantitative estimate of drug-likeness (QED) is 0.528. The van der Waals surface area contributed by atoms with Gasteiger partial charge in [0.15, 0.2) is 5.78 Å². The molecule has 0 bridgehead atoms. The van der Waals surface area contributed by atoms with Gasteiger partial charge in [0.2, 0.25) is 0 Å². The van der Waals surface area contributed by atoms with Crippen molar-refractivity contribution in [2.45, 2.75) is 25.5 Å². The van der Waals surface area contributed by atoms with Crippen molar-refractivity contribution in [1.29, 1.82) is 0 Å². The van der Waals surface area contributed by atoms with Crippen molar-refractivity contribution in [2.75, 3.05) is 6.61 Å². The molecule has 1 aliphatic heterocycles. The molecule has 2 N–H and O–H groups in total. The number of hydrogen-bond acceptors (Lipinski definition) is 3. The molecule has 2 unspecified atom stereocenters. The molecule has 0 spiro atoms. The van der Waals surface area contributed by atoms with Crippen molar-refractivity contribution < 1.29 is 9.53 Å². The van der Waals surface area contributed by atoms with Crippen LogP contribution in [0.25, 0.3) is 0 Å². The third-order valence-corrected chi connectivity index (χ3v) is 1.53. The molecule has 9 heavy (non-hydrogen) atoms. The Kier molecular flexibility index (Phi) is 1.83. The zero-order chi connectivity index (χ0) is 6.85. The van der Waals surface area contributed by atoms with Crippen LogP contribution < -0.4 is 5.73 Å². The van der Waals surface area contributed by atoms with Crippen molar-refractivity contribution in [3.63, 3.8) is 0 Å². The Bertz CT molecular complexity index is 124. The third-order valence-electron chi connectivity index (χ3n) is 1.53. The lowest BCUT2D eigenvalue weighted by atomic mass is 10.1. The van der Waals surface area contributed by atoms with Crippen LogP contribution in [0.2, 0.25) is 0 Å². The van der Waals surface area contributed by atoms with E-state index in [4.69, 9.17) is 10.5 Å². The number of nitrogens with two attached hydrogens (primary N) is 1. The van der Waals surface area contributed by atoms with Gasteiger partial charge in [-0.15, -0.1) is 0 Å². The number of carbonyl (C=O) groups is 1. The van der Waals surface area contributed by atoms with Crippen LogP contribution in [-0.2, 0) is 9.53 Å². The van der Waals surface area contributed by atoms with Gasteiger partial charge in [-0.25, -0.2) is 0 Å². The fourth-order valence-corrected chi connectivity index (χ4v) is 0.942. The van der Waals surface area contributed by atoms with Crippen LogP contribution >= 0.6 is 0 Å². The molecule has 0 aliphatic carbocycles. The van der Waals surface area contributed by atoms with Crippen LogP contribution in [0, 0.1) is 0 Å². The molecule has 1 aliphatic rings. The smallest absolute Gasteiger partial charge is 0.180 e. The SMILES string of the molecule is CCC1OCC(N)C1=O. The Balaban J connectivity index is 2.51. The van der Waals surface area contributed by atoms with Crippen molar-refractivity contribution in [1.82, 2.24) is 0 Å². The van der Waals surface area contributed by atoms with Crippen LogP contribution in [0.1, 0.15) is 13.3 Å². The molecule has 0 saturated carbocycles. The maximum atomic E-state index is 10.9. The number of rotatable bonds is 1. The molecule has 1 saturated heterocycles. The number of carbonyl (C=O) groups excluding carboxylic acids is 1. The molecule has 1 fully saturated rings. The second-order valence-corrected chi connectivity index (χ2v) is 2.24. The molecule has 1 rings (SSSR count). The van der Waals surface area contributed by atoms with Crippen LogP contribution in [-0.4, -0.2) is 24.5 Å². The second kappa shape index (κ2) is 2.45. The van der Waals surface area contributed by atoms with Gasteiger partial charge in [0, 0.05) is 0 Å². The van der Waals surface area contributed by atoms with Gasteiger partial charge in [0.25, 0.3) is 0 Å². The Hall–Kier alpha value is -0.410. The summed E-state index contributed by atoms with van der Waals surface area (Å²) < 4.78 is 5.05. The van der Waals surface area contributed by atoms with E-state index in [9.17, 15) is 4.79 Å². The van der Waals surface area contributed by atoms with Gasteiger partial charge in [-0.3, -0.25) is 4.79 Å². The summed E-state index contributed by atoms with van der Waals surface area (Å²) in [6.07, 6.45) is 0.520. The highest BCUT2D eigenvalue weighted by molar-refractivity contribution is 5.89. The first-order valence-electron chi connectivity index (χ1n) is 3.16. The van der Waals surface area contributed by atoms with Crippen molar-refractivity contribution in [2.24, 2.45) is 5.73 Å². The van der Waals surface area contributed by atoms with Crippen molar-refractivity contribution in [3.05, 3.63) is 0 Å². The van der Waals surface area contributed by atoms with Crippen LogP contribution in [0.4, 0.5) is 0 Å². The summed E-state index contributed by atoms with van der Waals surface area (Å²) in [6, 6.07) is -0.366.